The second-order valence-electron chi connectivity index (χ2n) is 10.1. The molecule has 42 heavy (non-hydrogen) atoms. The predicted molar refractivity (Wildman–Crippen MR) is 161 cm³/mol. The second kappa shape index (κ2) is 12.4. The monoisotopic (exact) mass is 608 g/mol. The highest BCUT2D eigenvalue weighted by molar-refractivity contribution is 7.89. The SMILES string of the molecule is Nc1cc(Cl)c(O)c(S(=O)(=O)N(Cc2ccc(F)cc2)Cc2ccc(C(=O)N3CCN(c4ccccc4)CC3)cc2)c1. The first-order valence-corrected chi connectivity index (χ1v) is 15.1. The van der Waals surface area contributed by atoms with Crippen LogP contribution >= 0.6 is 11.6 Å². The van der Waals surface area contributed by atoms with Crippen LogP contribution in [0.2, 0.25) is 5.02 Å². The lowest BCUT2D eigenvalue weighted by Gasteiger charge is -2.36. The van der Waals surface area contributed by atoms with E-state index in [0.29, 0.717) is 29.8 Å². The number of sulfonamides is 1. The van der Waals surface area contributed by atoms with E-state index >= 15 is 0 Å². The Morgan fingerprint density at radius 2 is 1.45 bits per heavy atom. The summed E-state index contributed by atoms with van der Waals surface area (Å²) in [5.74, 6) is -1.15. The number of halogens is 2. The minimum Gasteiger partial charge on any atom is -0.505 e. The summed E-state index contributed by atoms with van der Waals surface area (Å²) < 4.78 is 42.2. The van der Waals surface area contributed by atoms with Gasteiger partial charge in [0.15, 0.2) is 5.75 Å². The molecule has 1 amide bonds. The van der Waals surface area contributed by atoms with Crippen molar-refractivity contribution in [1.82, 2.24) is 9.21 Å². The van der Waals surface area contributed by atoms with Crippen molar-refractivity contribution in [3.05, 3.63) is 119 Å². The van der Waals surface area contributed by atoms with E-state index in [4.69, 9.17) is 17.3 Å². The fraction of sp³-hybridized carbons (Fsp3) is 0.194. The van der Waals surface area contributed by atoms with E-state index in [-0.39, 0.29) is 29.7 Å². The van der Waals surface area contributed by atoms with Gasteiger partial charge in [-0.1, -0.05) is 54.1 Å². The Kier molecular flexibility index (Phi) is 8.67. The Bertz CT molecular complexity index is 1660. The van der Waals surface area contributed by atoms with Crippen LogP contribution in [0.5, 0.6) is 5.75 Å². The average Bonchev–Trinajstić information content (AvgIpc) is 3.00. The number of anilines is 2. The van der Waals surface area contributed by atoms with Gasteiger partial charge < -0.3 is 20.6 Å². The third kappa shape index (κ3) is 6.51. The number of carbonyl (C=O) groups is 1. The maximum atomic E-state index is 13.8. The molecule has 218 valence electrons. The number of phenolic OH excluding ortho intramolecular Hbond substituents is 1. The Hall–Kier alpha value is -4.12. The number of rotatable bonds is 8. The van der Waals surface area contributed by atoms with Crippen LogP contribution < -0.4 is 10.6 Å². The molecule has 0 aliphatic carbocycles. The number of nitrogen functional groups attached to an aromatic ring is 1. The molecule has 0 saturated carbocycles. The van der Waals surface area contributed by atoms with Crippen molar-refractivity contribution in [1.29, 1.82) is 0 Å². The van der Waals surface area contributed by atoms with Gasteiger partial charge in [-0.3, -0.25) is 4.79 Å². The number of phenols is 1. The van der Waals surface area contributed by atoms with Gasteiger partial charge in [0.25, 0.3) is 5.91 Å². The zero-order valence-corrected chi connectivity index (χ0v) is 24.2. The molecule has 8 nitrogen and oxygen atoms in total. The number of aromatic hydroxyl groups is 1. The van der Waals surface area contributed by atoms with Crippen molar-refractivity contribution in [2.24, 2.45) is 0 Å². The molecule has 1 aliphatic rings. The highest BCUT2D eigenvalue weighted by Gasteiger charge is 2.30. The molecule has 4 aromatic carbocycles. The number of para-hydroxylation sites is 1. The summed E-state index contributed by atoms with van der Waals surface area (Å²) in [6.45, 7) is 2.43. The van der Waals surface area contributed by atoms with E-state index in [1.165, 1.54) is 30.3 Å². The highest BCUT2D eigenvalue weighted by Crippen LogP contribution is 2.36. The molecule has 1 saturated heterocycles. The molecular weight excluding hydrogens is 579 g/mol. The number of nitrogens with zero attached hydrogens (tertiary/aromatic N) is 3. The Labute approximate surface area is 249 Å². The molecule has 11 heteroatoms. The third-order valence-electron chi connectivity index (χ3n) is 7.19. The van der Waals surface area contributed by atoms with Gasteiger partial charge in [0.05, 0.1) is 5.02 Å². The number of hydrogen-bond acceptors (Lipinski definition) is 6. The average molecular weight is 609 g/mol. The normalized spacial score (nSPS) is 13.9. The number of nitrogens with two attached hydrogens (primary N) is 1. The topological polar surface area (TPSA) is 107 Å². The van der Waals surface area contributed by atoms with Gasteiger partial charge >= 0.3 is 0 Å². The van der Waals surface area contributed by atoms with Gasteiger partial charge in [-0.05, 0) is 59.7 Å². The van der Waals surface area contributed by atoms with Gasteiger partial charge in [0.1, 0.15) is 10.7 Å². The second-order valence-corrected chi connectivity index (χ2v) is 12.4. The van der Waals surface area contributed by atoms with Crippen LogP contribution in [0, 0.1) is 5.82 Å². The molecule has 0 aromatic heterocycles. The van der Waals surface area contributed by atoms with Crippen molar-refractivity contribution >= 4 is 38.9 Å². The smallest absolute Gasteiger partial charge is 0.253 e. The van der Waals surface area contributed by atoms with Crippen LogP contribution in [-0.4, -0.2) is 54.8 Å². The van der Waals surface area contributed by atoms with Crippen molar-refractivity contribution in [3.63, 3.8) is 0 Å². The molecule has 4 aromatic rings. The van der Waals surface area contributed by atoms with E-state index in [1.807, 2.05) is 23.1 Å². The summed E-state index contributed by atoms with van der Waals surface area (Å²) in [6, 6.07) is 24.7. The van der Waals surface area contributed by atoms with Crippen molar-refractivity contribution < 1.29 is 22.7 Å². The lowest BCUT2D eigenvalue weighted by Crippen LogP contribution is -2.48. The van der Waals surface area contributed by atoms with Crippen LogP contribution in [0.3, 0.4) is 0 Å². The molecule has 1 aliphatic heterocycles. The zero-order valence-electron chi connectivity index (χ0n) is 22.7. The van der Waals surface area contributed by atoms with Crippen molar-refractivity contribution in [2.45, 2.75) is 18.0 Å². The summed E-state index contributed by atoms with van der Waals surface area (Å²) in [7, 11) is -4.31. The van der Waals surface area contributed by atoms with E-state index < -0.39 is 26.5 Å². The van der Waals surface area contributed by atoms with Crippen LogP contribution in [0.15, 0.2) is 95.9 Å². The summed E-state index contributed by atoms with van der Waals surface area (Å²) >= 11 is 6.02. The lowest BCUT2D eigenvalue weighted by atomic mass is 10.1. The first-order valence-electron chi connectivity index (χ1n) is 13.3. The van der Waals surface area contributed by atoms with Crippen LogP contribution in [-0.2, 0) is 23.1 Å². The van der Waals surface area contributed by atoms with E-state index in [0.717, 1.165) is 29.1 Å². The minimum atomic E-state index is -4.31. The fourth-order valence-corrected chi connectivity index (χ4v) is 6.73. The fourth-order valence-electron chi connectivity index (χ4n) is 4.89. The first kappa shape index (κ1) is 29.4. The summed E-state index contributed by atoms with van der Waals surface area (Å²) in [4.78, 5) is 16.8. The third-order valence-corrected chi connectivity index (χ3v) is 9.28. The van der Waals surface area contributed by atoms with Gasteiger partial charge in [0, 0.05) is 56.2 Å². The molecule has 1 fully saturated rings. The van der Waals surface area contributed by atoms with E-state index in [2.05, 4.69) is 17.0 Å². The summed E-state index contributed by atoms with van der Waals surface area (Å²) in [5.41, 5.74) is 8.68. The maximum Gasteiger partial charge on any atom is 0.253 e. The maximum absolute atomic E-state index is 13.8. The van der Waals surface area contributed by atoms with Gasteiger partial charge in [-0.15, -0.1) is 0 Å². The molecule has 0 spiro atoms. The number of benzene rings is 4. The van der Waals surface area contributed by atoms with Gasteiger partial charge in [-0.2, -0.15) is 4.31 Å². The zero-order chi connectivity index (χ0) is 29.9. The number of amides is 1. The van der Waals surface area contributed by atoms with Crippen LogP contribution in [0.25, 0.3) is 0 Å². The molecule has 0 radical (unpaired) electrons. The summed E-state index contributed by atoms with van der Waals surface area (Å²) in [6.07, 6.45) is 0. The lowest BCUT2D eigenvalue weighted by molar-refractivity contribution is 0.0746. The van der Waals surface area contributed by atoms with Crippen LogP contribution in [0.1, 0.15) is 21.5 Å². The van der Waals surface area contributed by atoms with Crippen molar-refractivity contribution in [3.8, 4) is 5.75 Å². The number of carbonyl (C=O) groups excluding carboxylic acids is 1. The largest absolute Gasteiger partial charge is 0.505 e. The molecule has 5 rings (SSSR count). The standard InChI is InChI=1S/C31H30ClFN4O4S/c32-28-18-26(34)19-29(30(28)38)42(40,41)37(21-23-8-12-25(33)13-9-23)20-22-6-10-24(11-7-22)31(39)36-16-14-35(15-17-36)27-4-2-1-3-5-27/h1-13,18-19,38H,14-17,20-21,34H2. The van der Waals surface area contributed by atoms with E-state index in [9.17, 15) is 22.7 Å². The molecule has 3 N–H and O–H groups in total. The van der Waals surface area contributed by atoms with Gasteiger partial charge in [-0.25, -0.2) is 12.8 Å². The minimum absolute atomic E-state index is 0.0746. The molecule has 0 unspecified atom stereocenters. The number of piperazine rings is 1. The first-order chi connectivity index (χ1) is 20.1. The van der Waals surface area contributed by atoms with Crippen molar-refractivity contribution in [2.75, 3.05) is 36.8 Å². The molecular formula is C31H30ClFN4O4S. The molecule has 1 heterocycles. The quantitative estimate of drug-likeness (QED) is 0.212. The van der Waals surface area contributed by atoms with Gasteiger partial charge in [0.2, 0.25) is 10.0 Å². The molecule has 0 bridgehead atoms. The number of hydrogen-bond donors (Lipinski definition) is 2. The predicted octanol–water partition coefficient (Wildman–Crippen LogP) is 5.12. The molecule has 0 atom stereocenters. The van der Waals surface area contributed by atoms with Crippen LogP contribution in [0.4, 0.5) is 15.8 Å². The highest BCUT2D eigenvalue weighted by atomic mass is 35.5. The van der Waals surface area contributed by atoms with E-state index in [1.54, 1.807) is 24.3 Å². The Morgan fingerprint density at radius 1 is 0.881 bits per heavy atom. The summed E-state index contributed by atoms with van der Waals surface area (Å²) in [5, 5.41) is 10.3. The Morgan fingerprint density at radius 3 is 2.05 bits per heavy atom. The Balaban J connectivity index is 1.34.